The molecule has 0 radical (unpaired) electrons. The van der Waals surface area contributed by atoms with Gasteiger partial charge >= 0.3 is 5.95 Å². The van der Waals surface area contributed by atoms with Gasteiger partial charge in [0.1, 0.15) is 6.54 Å². The summed E-state index contributed by atoms with van der Waals surface area (Å²) in [4.78, 5) is 26.5. The summed E-state index contributed by atoms with van der Waals surface area (Å²) in [6.07, 6.45) is 1.18. The Morgan fingerprint density at radius 2 is 2.24 bits per heavy atom. The summed E-state index contributed by atoms with van der Waals surface area (Å²) in [6.45, 7) is 2.07. The summed E-state index contributed by atoms with van der Waals surface area (Å²) in [6, 6.07) is 0. The largest absolute Gasteiger partial charge is 0.490 e. The number of hydrogen-bond donors (Lipinski definition) is 0. The first-order chi connectivity index (χ1) is 8.16. The highest BCUT2D eigenvalue weighted by molar-refractivity contribution is 5.75. The average Bonchev–Trinajstić information content (AvgIpc) is 2.79. The number of rotatable bonds is 3. The van der Waals surface area contributed by atoms with Crippen molar-refractivity contribution >= 4 is 11.9 Å². The van der Waals surface area contributed by atoms with Crippen molar-refractivity contribution in [2.75, 3.05) is 26.3 Å². The van der Waals surface area contributed by atoms with E-state index in [1.54, 1.807) is 4.90 Å². The molecule has 0 saturated carbocycles. The molecule has 17 heavy (non-hydrogen) atoms. The Morgan fingerprint density at radius 1 is 1.53 bits per heavy atom. The number of carbonyl (C=O) groups excluding carboxylic acids is 1. The molecule has 0 aromatic carbocycles. The fourth-order valence-electron chi connectivity index (χ4n) is 1.50. The molecule has 1 amide bonds. The molecule has 1 aliphatic rings. The standard InChI is InChI=1S/C8H11N5O4/c14-7(11-1-3-17-4-2-11)5-12-6-9-8(10-12)13(15)16/h6H,1-5H2. The summed E-state index contributed by atoms with van der Waals surface area (Å²) in [5.74, 6) is -0.645. The van der Waals surface area contributed by atoms with Gasteiger partial charge in [-0.1, -0.05) is 4.98 Å². The van der Waals surface area contributed by atoms with Crippen LogP contribution in [0.4, 0.5) is 5.95 Å². The van der Waals surface area contributed by atoms with Crippen LogP contribution in [-0.2, 0) is 16.1 Å². The molecule has 9 heteroatoms. The molecule has 0 spiro atoms. The van der Waals surface area contributed by atoms with E-state index in [0.717, 1.165) is 4.68 Å². The zero-order valence-electron chi connectivity index (χ0n) is 8.98. The lowest BCUT2D eigenvalue weighted by Gasteiger charge is -2.26. The summed E-state index contributed by atoms with van der Waals surface area (Å²) in [7, 11) is 0. The molecule has 0 N–H and O–H groups in total. The summed E-state index contributed by atoms with van der Waals surface area (Å²) >= 11 is 0. The minimum atomic E-state index is -0.699. The van der Waals surface area contributed by atoms with Crippen molar-refractivity contribution < 1.29 is 14.5 Å². The molecular weight excluding hydrogens is 230 g/mol. The zero-order valence-corrected chi connectivity index (χ0v) is 8.98. The highest BCUT2D eigenvalue weighted by Crippen LogP contribution is 2.02. The quantitative estimate of drug-likeness (QED) is 0.499. The molecule has 2 rings (SSSR count). The van der Waals surface area contributed by atoms with E-state index in [1.807, 2.05) is 0 Å². The third-order valence-electron chi connectivity index (χ3n) is 2.35. The first kappa shape index (κ1) is 11.5. The Morgan fingerprint density at radius 3 is 2.82 bits per heavy atom. The van der Waals surface area contributed by atoms with Crippen molar-refractivity contribution in [2.24, 2.45) is 0 Å². The maximum absolute atomic E-state index is 11.8. The topological polar surface area (TPSA) is 103 Å². The van der Waals surface area contributed by atoms with Crippen LogP contribution >= 0.6 is 0 Å². The Kier molecular flexibility index (Phi) is 3.28. The van der Waals surface area contributed by atoms with Crippen molar-refractivity contribution in [3.05, 3.63) is 16.4 Å². The maximum atomic E-state index is 11.8. The predicted molar refractivity (Wildman–Crippen MR) is 54.1 cm³/mol. The Bertz CT molecular complexity index is 425. The monoisotopic (exact) mass is 241 g/mol. The fraction of sp³-hybridized carbons (Fsp3) is 0.625. The van der Waals surface area contributed by atoms with Crippen molar-refractivity contribution in [3.8, 4) is 0 Å². The van der Waals surface area contributed by atoms with Gasteiger partial charge in [0.15, 0.2) is 0 Å². The number of amides is 1. The van der Waals surface area contributed by atoms with Crippen molar-refractivity contribution in [3.63, 3.8) is 0 Å². The SMILES string of the molecule is O=C(Cn1cnc([N+](=O)[O-])n1)N1CCOCC1. The molecular formula is C8H11N5O4. The first-order valence-corrected chi connectivity index (χ1v) is 5.06. The number of hydrogen-bond acceptors (Lipinski definition) is 6. The molecule has 0 bridgehead atoms. The van der Waals surface area contributed by atoms with Gasteiger partial charge in [-0.3, -0.25) is 4.79 Å². The van der Waals surface area contributed by atoms with Crippen LogP contribution in [0.3, 0.4) is 0 Å². The number of ether oxygens (including phenoxy) is 1. The number of nitro groups is 1. The van der Waals surface area contributed by atoms with Crippen LogP contribution in [0, 0.1) is 10.1 Å². The molecule has 92 valence electrons. The van der Waals surface area contributed by atoms with Gasteiger partial charge in [-0.25, -0.2) is 0 Å². The average molecular weight is 241 g/mol. The third-order valence-corrected chi connectivity index (χ3v) is 2.35. The summed E-state index contributed by atoms with van der Waals surface area (Å²) in [5.41, 5.74) is 0. The summed E-state index contributed by atoms with van der Waals surface area (Å²) in [5, 5.41) is 13.9. The van der Waals surface area contributed by atoms with Gasteiger partial charge < -0.3 is 19.8 Å². The van der Waals surface area contributed by atoms with Crippen LogP contribution in [0.15, 0.2) is 6.33 Å². The molecule has 0 atom stereocenters. The van der Waals surface area contributed by atoms with Gasteiger partial charge in [0.05, 0.1) is 13.2 Å². The molecule has 2 heterocycles. The van der Waals surface area contributed by atoms with E-state index in [1.165, 1.54) is 6.33 Å². The van der Waals surface area contributed by atoms with E-state index >= 15 is 0 Å². The Balaban J connectivity index is 1.94. The van der Waals surface area contributed by atoms with Gasteiger partial charge in [0.25, 0.3) is 0 Å². The number of aromatic nitrogens is 3. The van der Waals surface area contributed by atoms with Gasteiger partial charge in [-0.2, -0.15) is 4.68 Å². The van der Waals surface area contributed by atoms with E-state index in [0.29, 0.717) is 26.3 Å². The lowest BCUT2D eigenvalue weighted by Crippen LogP contribution is -2.42. The zero-order chi connectivity index (χ0) is 12.3. The normalized spacial score (nSPS) is 15.9. The second kappa shape index (κ2) is 4.87. The van der Waals surface area contributed by atoms with E-state index in [-0.39, 0.29) is 12.5 Å². The molecule has 1 aromatic heterocycles. The van der Waals surface area contributed by atoms with E-state index in [2.05, 4.69) is 10.1 Å². The molecule has 9 nitrogen and oxygen atoms in total. The highest BCUT2D eigenvalue weighted by Gasteiger charge is 2.20. The highest BCUT2D eigenvalue weighted by atomic mass is 16.6. The predicted octanol–water partition coefficient (Wildman–Crippen LogP) is -0.955. The molecule has 1 aromatic rings. The van der Waals surface area contributed by atoms with Crippen molar-refractivity contribution in [2.45, 2.75) is 6.54 Å². The lowest BCUT2D eigenvalue weighted by molar-refractivity contribution is -0.394. The fourth-order valence-corrected chi connectivity index (χ4v) is 1.50. The van der Waals surface area contributed by atoms with Crippen LogP contribution < -0.4 is 0 Å². The number of morpholine rings is 1. The molecule has 1 fully saturated rings. The second-order valence-corrected chi connectivity index (χ2v) is 3.49. The van der Waals surface area contributed by atoms with Crippen LogP contribution in [-0.4, -0.2) is 56.8 Å². The Labute approximate surface area is 96.1 Å². The van der Waals surface area contributed by atoms with E-state index in [4.69, 9.17) is 4.74 Å². The first-order valence-electron chi connectivity index (χ1n) is 5.06. The number of carbonyl (C=O) groups is 1. The van der Waals surface area contributed by atoms with Crippen LogP contribution in [0.5, 0.6) is 0 Å². The summed E-state index contributed by atoms with van der Waals surface area (Å²) < 4.78 is 6.28. The number of nitrogens with zero attached hydrogens (tertiary/aromatic N) is 5. The van der Waals surface area contributed by atoms with Crippen LogP contribution in [0.1, 0.15) is 0 Å². The van der Waals surface area contributed by atoms with Crippen molar-refractivity contribution in [1.29, 1.82) is 0 Å². The minimum Gasteiger partial charge on any atom is -0.390 e. The smallest absolute Gasteiger partial charge is 0.390 e. The Hall–Kier alpha value is -2.03. The molecule has 0 aliphatic carbocycles. The van der Waals surface area contributed by atoms with Crippen LogP contribution in [0.2, 0.25) is 0 Å². The lowest BCUT2D eigenvalue weighted by atomic mass is 10.4. The maximum Gasteiger partial charge on any atom is 0.490 e. The van der Waals surface area contributed by atoms with Gasteiger partial charge in [0.2, 0.25) is 12.2 Å². The van der Waals surface area contributed by atoms with Gasteiger partial charge in [-0.15, -0.1) is 0 Å². The van der Waals surface area contributed by atoms with Crippen molar-refractivity contribution in [1.82, 2.24) is 19.7 Å². The van der Waals surface area contributed by atoms with Crippen LogP contribution in [0.25, 0.3) is 0 Å². The molecule has 1 aliphatic heterocycles. The molecule has 1 saturated heterocycles. The van der Waals surface area contributed by atoms with Gasteiger partial charge in [0, 0.05) is 18.2 Å². The molecule has 0 unspecified atom stereocenters. The minimum absolute atomic E-state index is 0.0408. The van der Waals surface area contributed by atoms with E-state index in [9.17, 15) is 14.9 Å². The third kappa shape index (κ3) is 2.75. The van der Waals surface area contributed by atoms with E-state index < -0.39 is 10.9 Å². The second-order valence-electron chi connectivity index (χ2n) is 3.49. The van der Waals surface area contributed by atoms with Gasteiger partial charge in [-0.05, 0) is 4.92 Å².